The van der Waals surface area contributed by atoms with Crippen molar-refractivity contribution in [3.8, 4) is 0 Å². The van der Waals surface area contributed by atoms with Gasteiger partial charge < -0.3 is 12.4 Å². The standard InChI is InChI=1S/C24H44P.ClH/c1-9-12-15-25(16-13-10-2,17-14-11-3)18-24-22(7)20(5)19(4)21(6)23(24)8;/h9-18H2,1-8H3;1H/q+1;/p-1. The van der Waals surface area contributed by atoms with Crippen molar-refractivity contribution >= 4 is 7.26 Å². The highest BCUT2D eigenvalue weighted by molar-refractivity contribution is 7.75. The van der Waals surface area contributed by atoms with Crippen molar-refractivity contribution in [1.82, 2.24) is 0 Å². The topological polar surface area (TPSA) is 0 Å². The number of rotatable bonds is 11. The van der Waals surface area contributed by atoms with Crippen molar-refractivity contribution in [2.24, 2.45) is 0 Å². The zero-order chi connectivity index (χ0) is 19.0. The molecule has 0 atom stereocenters. The Morgan fingerprint density at radius 3 is 1.15 bits per heavy atom. The summed E-state index contributed by atoms with van der Waals surface area (Å²) in [6.07, 6.45) is 14.3. The molecule has 0 aliphatic carbocycles. The van der Waals surface area contributed by atoms with E-state index >= 15 is 0 Å². The molecule has 0 saturated carbocycles. The molecule has 0 spiro atoms. The van der Waals surface area contributed by atoms with Gasteiger partial charge in [0.1, 0.15) is 0 Å². The molecule has 26 heavy (non-hydrogen) atoms. The van der Waals surface area contributed by atoms with E-state index in [2.05, 4.69) is 55.4 Å². The van der Waals surface area contributed by atoms with Crippen LogP contribution in [0.2, 0.25) is 0 Å². The van der Waals surface area contributed by atoms with E-state index in [4.69, 9.17) is 0 Å². The second-order valence-electron chi connectivity index (χ2n) is 8.33. The Morgan fingerprint density at radius 1 is 0.538 bits per heavy atom. The monoisotopic (exact) mass is 398 g/mol. The molecule has 0 nitrogen and oxygen atoms in total. The Morgan fingerprint density at radius 2 is 0.846 bits per heavy atom. The SMILES string of the molecule is CCCC[P+](CCCC)(CCCC)Cc1c(C)c(C)c(C)c(C)c1C.[Cl-]. The van der Waals surface area contributed by atoms with Crippen molar-refractivity contribution in [2.75, 3.05) is 18.5 Å². The normalized spacial score (nSPS) is 11.5. The van der Waals surface area contributed by atoms with Gasteiger partial charge >= 0.3 is 0 Å². The van der Waals surface area contributed by atoms with Crippen LogP contribution in [0.5, 0.6) is 0 Å². The van der Waals surface area contributed by atoms with Gasteiger partial charge in [0.15, 0.2) is 0 Å². The second kappa shape index (κ2) is 12.4. The van der Waals surface area contributed by atoms with Crippen LogP contribution in [0, 0.1) is 34.6 Å². The highest BCUT2D eigenvalue weighted by atomic mass is 35.5. The molecular weight excluding hydrogens is 355 g/mol. The van der Waals surface area contributed by atoms with E-state index in [1.165, 1.54) is 79.9 Å². The molecule has 0 amide bonds. The van der Waals surface area contributed by atoms with Crippen molar-refractivity contribution in [2.45, 2.75) is 100 Å². The van der Waals surface area contributed by atoms with Gasteiger partial charge in [-0.15, -0.1) is 0 Å². The summed E-state index contributed by atoms with van der Waals surface area (Å²) in [7, 11) is -0.876. The maximum atomic E-state index is 2.39. The third-order valence-electron chi connectivity index (χ3n) is 6.61. The van der Waals surface area contributed by atoms with Gasteiger partial charge in [-0.25, -0.2) is 0 Å². The predicted octanol–water partition coefficient (Wildman–Crippen LogP) is 5.15. The largest absolute Gasteiger partial charge is 1.00 e. The van der Waals surface area contributed by atoms with Crippen LogP contribution < -0.4 is 12.4 Å². The summed E-state index contributed by atoms with van der Waals surface area (Å²) in [4.78, 5) is 0. The van der Waals surface area contributed by atoms with Crippen molar-refractivity contribution in [3.05, 3.63) is 33.4 Å². The van der Waals surface area contributed by atoms with E-state index in [0.717, 1.165) is 0 Å². The molecule has 0 bridgehead atoms. The number of benzene rings is 1. The number of hydrogen-bond donors (Lipinski definition) is 0. The Kier molecular flexibility index (Phi) is 12.4. The molecule has 0 radical (unpaired) electrons. The first-order valence-corrected chi connectivity index (χ1v) is 13.3. The van der Waals surface area contributed by atoms with Gasteiger partial charge in [-0.3, -0.25) is 0 Å². The number of halogens is 1. The smallest absolute Gasteiger partial charge is 0.0848 e. The first-order valence-electron chi connectivity index (χ1n) is 10.7. The Bertz CT molecular complexity index is 497. The van der Waals surface area contributed by atoms with Crippen LogP contribution >= 0.6 is 7.26 Å². The van der Waals surface area contributed by atoms with E-state index in [0.29, 0.717) is 0 Å². The minimum absolute atomic E-state index is 0. The molecule has 0 unspecified atom stereocenters. The third kappa shape index (κ3) is 6.53. The van der Waals surface area contributed by atoms with E-state index in [9.17, 15) is 0 Å². The Hall–Kier alpha value is -0.0600. The van der Waals surface area contributed by atoms with E-state index in [1.54, 1.807) is 16.7 Å². The quantitative estimate of drug-likeness (QED) is 0.452. The summed E-state index contributed by atoms with van der Waals surface area (Å²) in [5, 5.41) is 0. The molecular formula is C24H44ClP. The lowest BCUT2D eigenvalue weighted by atomic mass is 9.90. The van der Waals surface area contributed by atoms with E-state index in [1.807, 2.05) is 0 Å². The highest BCUT2D eigenvalue weighted by Gasteiger charge is 2.37. The van der Waals surface area contributed by atoms with Crippen LogP contribution in [0.4, 0.5) is 0 Å². The van der Waals surface area contributed by atoms with Gasteiger partial charge in [0.2, 0.25) is 0 Å². The lowest BCUT2D eigenvalue weighted by Gasteiger charge is -2.30. The van der Waals surface area contributed by atoms with Gasteiger partial charge in [0.05, 0.1) is 24.6 Å². The van der Waals surface area contributed by atoms with Crippen LogP contribution in [0.3, 0.4) is 0 Å². The van der Waals surface area contributed by atoms with E-state index < -0.39 is 7.26 Å². The molecule has 0 heterocycles. The molecule has 1 aromatic rings. The lowest BCUT2D eigenvalue weighted by molar-refractivity contribution is -0.00000588. The summed E-state index contributed by atoms with van der Waals surface area (Å²) >= 11 is 0. The summed E-state index contributed by atoms with van der Waals surface area (Å²) in [5.41, 5.74) is 9.50. The van der Waals surface area contributed by atoms with Gasteiger partial charge in [-0.05, 0) is 87.3 Å². The average molecular weight is 399 g/mol. The average Bonchev–Trinajstić information content (AvgIpc) is 2.62. The first kappa shape index (κ1) is 25.9. The van der Waals surface area contributed by atoms with Gasteiger partial charge in [0, 0.05) is 7.26 Å². The fourth-order valence-electron chi connectivity index (χ4n) is 4.20. The number of unbranched alkanes of at least 4 members (excludes halogenated alkanes) is 3. The lowest BCUT2D eigenvalue weighted by Crippen LogP contribution is -3.00. The second-order valence-corrected chi connectivity index (χ2v) is 12.7. The Balaban J connectivity index is 0.00000625. The first-order chi connectivity index (χ1) is 11.8. The molecule has 0 fully saturated rings. The van der Waals surface area contributed by atoms with Crippen molar-refractivity contribution < 1.29 is 12.4 Å². The minimum Gasteiger partial charge on any atom is -1.00 e. The summed E-state index contributed by atoms with van der Waals surface area (Å²) in [6.45, 7) is 18.9. The fourth-order valence-corrected chi connectivity index (χ4v) is 9.45. The molecule has 1 aromatic carbocycles. The third-order valence-corrected chi connectivity index (χ3v) is 11.4. The van der Waals surface area contributed by atoms with Crippen LogP contribution in [-0.2, 0) is 6.16 Å². The molecule has 0 aromatic heterocycles. The minimum atomic E-state index is -0.876. The summed E-state index contributed by atoms with van der Waals surface area (Å²) < 4.78 is 0. The molecule has 0 aliphatic rings. The van der Waals surface area contributed by atoms with E-state index in [-0.39, 0.29) is 12.4 Å². The van der Waals surface area contributed by atoms with Gasteiger partial charge in [0.25, 0.3) is 0 Å². The van der Waals surface area contributed by atoms with Crippen LogP contribution in [0.1, 0.15) is 92.7 Å². The number of hydrogen-bond acceptors (Lipinski definition) is 0. The molecule has 1 rings (SSSR count). The predicted molar refractivity (Wildman–Crippen MR) is 120 cm³/mol. The molecule has 0 saturated heterocycles. The van der Waals surface area contributed by atoms with Crippen LogP contribution in [-0.4, -0.2) is 18.5 Å². The van der Waals surface area contributed by atoms with Crippen LogP contribution in [0.25, 0.3) is 0 Å². The summed E-state index contributed by atoms with van der Waals surface area (Å²) in [5.74, 6) is 0. The summed E-state index contributed by atoms with van der Waals surface area (Å²) in [6, 6.07) is 0. The molecule has 0 aliphatic heterocycles. The van der Waals surface area contributed by atoms with Crippen LogP contribution in [0.15, 0.2) is 0 Å². The zero-order valence-electron chi connectivity index (χ0n) is 18.9. The maximum Gasteiger partial charge on any atom is 0.0848 e. The molecule has 152 valence electrons. The fraction of sp³-hybridized carbons (Fsp3) is 0.750. The van der Waals surface area contributed by atoms with Crippen molar-refractivity contribution in [3.63, 3.8) is 0 Å². The zero-order valence-corrected chi connectivity index (χ0v) is 20.5. The molecule has 2 heteroatoms. The van der Waals surface area contributed by atoms with Crippen molar-refractivity contribution in [1.29, 1.82) is 0 Å². The highest BCUT2D eigenvalue weighted by Crippen LogP contribution is 2.64. The van der Waals surface area contributed by atoms with Gasteiger partial charge in [-0.1, -0.05) is 40.0 Å². The Labute approximate surface area is 171 Å². The maximum absolute atomic E-state index is 2.39. The molecule has 0 N–H and O–H groups in total. The van der Waals surface area contributed by atoms with Gasteiger partial charge in [-0.2, -0.15) is 0 Å².